The second kappa shape index (κ2) is 9.13. The molecule has 5 nitrogen and oxygen atoms in total. The maximum absolute atomic E-state index is 4.63. The zero-order valence-corrected chi connectivity index (χ0v) is 16.7. The van der Waals surface area contributed by atoms with Crippen LogP contribution in [0.4, 0.5) is 0 Å². The van der Waals surface area contributed by atoms with E-state index in [1.165, 1.54) is 9.88 Å². The molecule has 2 aromatic rings. The molecule has 2 heterocycles. The van der Waals surface area contributed by atoms with E-state index in [0.29, 0.717) is 18.4 Å². The van der Waals surface area contributed by atoms with Gasteiger partial charge in [-0.25, -0.2) is 9.97 Å². The van der Waals surface area contributed by atoms with E-state index in [1.807, 2.05) is 6.20 Å². The summed E-state index contributed by atoms with van der Waals surface area (Å²) in [6.07, 6.45) is 3.00. The molecule has 0 atom stereocenters. The highest BCUT2D eigenvalue weighted by Gasteiger charge is 2.08. The largest absolute Gasteiger partial charge is 0.351 e. The van der Waals surface area contributed by atoms with Crippen LogP contribution in [0.25, 0.3) is 0 Å². The number of guanidine groups is 1. The van der Waals surface area contributed by atoms with Crippen molar-refractivity contribution in [3.05, 3.63) is 32.2 Å². The Morgan fingerprint density at radius 2 is 1.92 bits per heavy atom. The molecule has 0 aliphatic heterocycles. The molecule has 0 unspecified atom stereocenters. The highest BCUT2D eigenvalue weighted by molar-refractivity contribution is 7.11. The van der Waals surface area contributed by atoms with Crippen molar-refractivity contribution in [1.29, 1.82) is 0 Å². The van der Waals surface area contributed by atoms with E-state index in [1.54, 1.807) is 29.7 Å². The molecule has 2 rings (SSSR count). The Bertz CT molecular complexity index is 657. The van der Waals surface area contributed by atoms with Crippen LogP contribution >= 0.6 is 22.7 Å². The Morgan fingerprint density at radius 3 is 2.54 bits per heavy atom. The topological polar surface area (TPSA) is 62.2 Å². The van der Waals surface area contributed by atoms with E-state index in [9.17, 15) is 0 Å². The first-order valence-electron chi connectivity index (χ1n) is 8.30. The molecule has 0 aromatic carbocycles. The summed E-state index contributed by atoms with van der Waals surface area (Å²) in [4.78, 5) is 14.6. The lowest BCUT2D eigenvalue weighted by Gasteiger charge is -2.09. The van der Waals surface area contributed by atoms with Gasteiger partial charge in [0.1, 0.15) is 5.01 Å². The standard InChI is InChI=1S/C17H27N5S2/c1-11(2)6-15-19-7-13(24-15)8-20-17(18-5)21-9-16-22-14(10-23-16)12(3)4/h7,10-12H,6,8-9H2,1-5H3,(H2,18,20,21). The first kappa shape index (κ1) is 18.9. The Kier molecular flexibility index (Phi) is 7.17. The van der Waals surface area contributed by atoms with Crippen LogP contribution in [-0.2, 0) is 19.5 Å². The molecule has 0 saturated carbocycles. The van der Waals surface area contributed by atoms with Crippen LogP contribution < -0.4 is 10.6 Å². The fourth-order valence-corrected chi connectivity index (χ4v) is 4.07. The van der Waals surface area contributed by atoms with E-state index in [2.05, 4.69) is 58.7 Å². The Morgan fingerprint density at radius 1 is 1.17 bits per heavy atom. The average Bonchev–Trinajstić information content (AvgIpc) is 3.16. The minimum Gasteiger partial charge on any atom is -0.351 e. The number of hydrogen-bond donors (Lipinski definition) is 2. The lowest BCUT2D eigenvalue weighted by molar-refractivity contribution is 0.644. The van der Waals surface area contributed by atoms with Crippen molar-refractivity contribution >= 4 is 28.6 Å². The van der Waals surface area contributed by atoms with Crippen LogP contribution in [0.5, 0.6) is 0 Å². The molecule has 0 spiro atoms. The number of rotatable bonds is 7. The Hall–Kier alpha value is -1.47. The van der Waals surface area contributed by atoms with Gasteiger partial charge < -0.3 is 10.6 Å². The summed E-state index contributed by atoms with van der Waals surface area (Å²) < 4.78 is 0. The van der Waals surface area contributed by atoms with Gasteiger partial charge in [0.15, 0.2) is 5.96 Å². The molecule has 0 aliphatic carbocycles. The number of nitrogens with zero attached hydrogens (tertiary/aromatic N) is 3. The normalized spacial score (nSPS) is 12.2. The second-order valence-corrected chi connectivity index (χ2v) is 8.56. The lowest BCUT2D eigenvalue weighted by atomic mass is 10.1. The SMILES string of the molecule is CN=C(NCc1cnc(CC(C)C)s1)NCc1nc(C(C)C)cs1. The Labute approximate surface area is 152 Å². The third kappa shape index (κ3) is 5.87. The van der Waals surface area contributed by atoms with Gasteiger partial charge in [-0.3, -0.25) is 4.99 Å². The molecule has 2 N–H and O–H groups in total. The monoisotopic (exact) mass is 365 g/mol. The van der Waals surface area contributed by atoms with Gasteiger partial charge in [0.25, 0.3) is 0 Å². The van der Waals surface area contributed by atoms with Gasteiger partial charge in [-0.1, -0.05) is 27.7 Å². The van der Waals surface area contributed by atoms with Gasteiger partial charge in [-0.2, -0.15) is 0 Å². The zero-order chi connectivity index (χ0) is 17.5. The first-order chi connectivity index (χ1) is 11.5. The van der Waals surface area contributed by atoms with Crippen molar-refractivity contribution in [3.63, 3.8) is 0 Å². The van der Waals surface area contributed by atoms with Crippen molar-refractivity contribution in [3.8, 4) is 0 Å². The summed E-state index contributed by atoms with van der Waals surface area (Å²) in [5, 5.41) is 11.1. The van der Waals surface area contributed by atoms with E-state index in [0.717, 1.165) is 29.6 Å². The van der Waals surface area contributed by atoms with Crippen molar-refractivity contribution < 1.29 is 0 Å². The summed E-state index contributed by atoms with van der Waals surface area (Å²) in [6, 6.07) is 0. The van der Waals surface area contributed by atoms with Crippen LogP contribution in [0, 0.1) is 5.92 Å². The number of aliphatic imine (C=N–C) groups is 1. The van der Waals surface area contributed by atoms with Crippen molar-refractivity contribution in [1.82, 2.24) is 20.6 Å². The predicted molar refractivity (Wildman–Crippen MR) is 104 cm³/mol. The van der Waals surface area contributed by atoms with Gasteiger partial charge in [0.05, 0.1) is 23.8 Å². The molecule has 2 aromatic heterocycles. The molecular formula is C17H27N5S2. The summed E-state index contributed by atoms with van der Waals surface area (Å²) in [5.41, 5.74) is 1.15. The summed E-state index contributed by atoms with van der Waals surface area (Å²) in [5.74, 6) is 1.90. The molecule has 0 radical (unpaired) electrons. The average molecular weight is 366 g/mol. The molecule has 0 bridgehead atoms. The van der Waals surface area contributed by atoms with Crippen LogP contribution in [-0.4, -0.2) is 23.0 Å². The van der Waals surface area contributed by atoms with E-state index in [-0.39, 0.29) is 0 Å². The maximum atomic E-state index is 4.63. The molecule has 24 heavy (non-hydrogen) atoms. The van der Waals surface area contributed by atoms with Gasteiger partial charge in [0.2, 0.25) is 0 Å². The summed E-state index contributed by atoms with van der Waals surface area (Å²) >= 11 is 3.46. The van der Waals surface area contributed by atoms with E-state index < -0.39 is 0 Å². The van der Waals surface area contributed by atoms with Gasteiger partial charge in [-0.05, 0) is 11.8 Å². The van der Waals surface area contributed by atoms with Gasteiger partial charge in [-0.15, -0.1) is 22.7 Å². The van der Waals surface area contributed by atoms with Crippen LogP contribution in [0.1, 0.15) is 54.2 Å². The van der Waals surface area contributed by atoms with E-state index >= 15 is 0 Å². The third-order valence-corrected chi connectivity index (χ3v) is 5.29. The second-order valence-electron chi connectivity index (χ2n) is 6.42. The van der Waals surface area contributed by atoms with E-state index in [4.69, 9.17) is 0 Å². The fourth-order valence-electron chi connectivity index (χ4n) is 2.10. The highest BCUT2D eigenvalue weighted by atomic mass is 32.1. The molecule has 0 saturated heterocycles. The molecule has 0 amide bonds. The number of hydrogen-bond acceptors (Lipinski definition) is 5. The zero-order valence-electron chi connectivity index (χ0n) is 15.1. The number of aromatic nitrogens is 2. The fraction of sp³-hybridized carbons (Fsp3) is 0.588. The summed E-state index contributed by atoms with van der Waals surface area (Å²) in [6.45, 7) is 10.2. The van der Waals surface area contributed by atoms with Gasteiger partial charge in [0, 0.05) is 29.9 Å². The first-order valence-corrected chi connectivity index (χ1v) is 10.00. The minimum absolute atomic E-state index is 0.471. The lowest BCUT2D eigenvalue weighted by Crippen LogP contribution is -2.36. The Balaban J connectivity index is 1.80. The molecule has 132 valence electrons. The maximum Gasteiger partial charge on any atom is 0.191 e. The van der Waals surface area contributed by atoms with Crippen molar-refractivity contribution in [2.45, 2.75) is 53.1 Å². The van der Waals surface area contributed by atoms with Gasteiger partial charge >= 0.3 is 0 Å². The van der Waals surface area contributed by atoms with Crippen molar-refractivity contribution in [2.24, 2.45) is 10.9 Å². The number of nitrogens with one attached hydrogen (secondary N) is 2. The van der Waals surface area contributed by atoms with Crippen molar-refractivity contribution in [2.75, 3.05) is 7.05 Å². The molecule has 0 aliphatic rings. The third-order valence-electron chi connectivity index (χ3n) is 3.41. The molecular weight excluding hydrogens is 338 g/mol. The molecule has 0 fully saturated rings. The van der Waals surface area contributed by atoms with Crippen LogP contribution in [0.3, 0.4) is 0 Å². The molecule has 7 heteroatoms. The van der Waals surface area contributed by atoms with Crippen LogP contribution in [0.15, 0.2) is 16.6 Å². The smallest absolute Gasteiger partial charge is 0.191 e. The minimum atomic E-state index is 0.471. The highest BCUT2D eigenvalue weighted by Crippen LogP contribution is 2.18. The summed E-state index contributed by atoms with van der Waals surface area (Å²) in [7, 11) is 1.79. The van der Waals surface area contributed by atoms with Crippen LogP contribution in [0.2, 0.25) is 0 Å². The predicted octanol–water partition coefficient (Wildman–Crippen LogP) is 3.79. The number of thiazole rings is 2. The quantitative estimate of drug-likeness (QED) is 0.579.